The predicted molar refractivity (Wildman–Crippen MR) is 71.9 cm³/mol. The maximum absolute atomic E-state index is 12.3. The summed E-state index contributed by atoms with van der Waals surface area (Å²) in [5.74, 6) is -0.330. The largest absolute Gasteiger partial charge is 0.480 e. The number of amides is 2. The monoisotopic (exact) mass is 268 g/mol. The van der Waals surface area contributed by atoms with Gasteiger partial charge in [0, 0.05) is 12.6 Å². The molecule has 1 heterocycles. The van der Waals surface area contributed by atoms with Gasteiger partial charge < -0.3 is 15.3 Å². The fourth-order valence-electron chi connectivity index (χ4n) is 3.07. The summed E-state index contributed by atoms with van der Waals surface area (Å²) in [4.78, 5) is 25.3. The Bertz CT molecular complexity index is 377. The minimum atomic E-state index is -0.904. The minimum absolute atomic E-state index is 0.145. The van der Waals surface area contributed by atoms with E-state index >= 15 is 0 Å². The lowest BCUT2D eigenvalue weighted by molar-refractivity contribution is -0.148. The predicted octanol–water partition coefficient (Wildman–Crippen LogP) is 2.07. The van der Waals surface area contributed by atoms with Crippen LogP contribution < -0.4 is 5.32 Å². The third kappa shape index (κ3) is 3.01. The molecule has 2 unspecified atom stereocenters. The Balaban J connectivity index is 2.06. The average molecular weight is 268 g/mol. The number of nitrogens with one attached hydrogen (secondary N) is 1. The standard InChI is InChI=1S/C14H24N2O3/c1-9(10-5-6-10)15-13(19)16-8-4-7-14(2,3)11(16)12(17)18/h9-11H,4-8H2,1-3H3,(H,15,19)(H,17,18). The normalized spacial score (nSPS) is 27.7. The van der Waals surface area contributed by atoms with Crippen LogP contribution in [0.3, 0.4) is 0 Å². The molecule has 0 aromatic heterocycles. The summed E-state index contributed by atoms with van der Waals surface area (Å²) in [7, 11) is 0. The molecule has 0 bridgehead atoms. The molecule has 2 rings (SSSR count). The zero-order valence-electron chi connectivity index (χ0n) is 12.0. The van der Waals surface area contributed by atoms with E-state index in [1.165, 1.54) is 4.90 Å². The third-order valence-corrected chi connectivity index (χ3v) is 4.45. The van der Waals surface area contributed by atoms with Gasteiger partial charge in [-0.15, -0.1) is 0 Å². The molecule has 0 aromatic rings. The highest BCUT2D eigenvalue weighted by atomic mass is 16.4. The maximum atomic E-state index is 12.3. The first kappa shape index (κ1) is 14.2. The van der Waals surface area contributed by atoms with Crippen LogP contribution >= 0.6 is 0 Å². The van der Waals surface area contributed by atoms with E-state index in [1.54, 1.807) is 0 Å². The van der Waals surface area contributed by atoms with Crippen molar-refractivity contribution in [1.29, 1.82) is 0 Å². The molecule has 1 aliphatic heterocycles. The van der Waals surface area contributed by atoms with Crippen LogP contribution in [0.25, 0.3) is 0 Å². The highest BCUT2D eigenvalue weighted by Crippen LogP contribution is 2.36. The van der Waals surface area contributed by atoms with E-state index in [0.717, 1.165) is 25.7 Å². The van der Waals surface area contributed by atoms with E-state index in [9.17, 15) is 14.7 Å². The number of piperidine rings is 1. The van der Waals surface area contributed by atoms with Gasteiger partial charge in [-0.05, 0) is 43.9 Å². The lowest BCUT2D eigenvalue weighted by Gasteiger charge is -2.44. The van der Waals surface area contributed by atoms with Crippen molar-refractivity contribution >= 4 is 12.0 Å². The van der Waals surface area contributed by atoms with E-state index in [1.807, 2.05) is 20.8 Å². The molecule has 5 heteroatoms. The molecule has 2 atom stereocenters. The third-order valence-electron chi connectivity index (χ3n) is 4.45. The smallest absolute Gasteiger partial charge is 0.327 e. The molecule has 0 spiro atoms. The second-order valence-electron chi connectivity index (χ2n) is 6.60. The number of urea groups is 1. The zero-order valence-corrected chi connectivity index (χ0v) is 12.0. The van der Waals surface area contributed by atoms with Crippen molar-refractivity contribution in [2.75, 3.05) is 6.54 Å². The van der Waals surface area contributed by atoms with Gasteiger partial charge in [-0.3, -0.25) is 0 Å². The Kier molecular flexibility index (Phi) is 3.74. The van der Waals surface area contributed by atoms with Gasteiger partial charge in [-0.2, -0.15) is 0 Å². The summed E-state index contributed by atoms with van der Waals surface area (Å²) in [6.07, 6.45) is 4.03. The molecule has 108 valence electrons. The molecule has 2 aliphatic rings. The highest BCUT2D eigenvalue weighted by Gasteiger charge is 2.45. The summed E-state index contributed by atoms with van der Waals surface area (Å²) in [6.45, 7) is 6.38. The number of hydrogen-bond acceptors (Lipinski definition) is 2. The molecule has 2 N–H and O–H groups in total. The van der Waals surface area contributed by atoms with Crippen LogP contribution in [0.5, 0.6) is 0 Å². The molecule has 1 saturated heterocycles. The van der Waals surface area contributed by atoms with Gasteiger partial charge in [0.05, 0.1) is 0 Å². The van der Waals surface area contributed by atoms with Crippen LogP contribution in [-0.2, 0) is 4.79 Å². The SMILES string of the molecule is CC(NC(=O)N1CCCC(C)(C)C1C(=O)O)C1CC1. The number of hydrogen-bond donors (Lipinski definition) is 2. The molecule has 5 nitrogen and oxygen atoms in total. The van der Waals surface area contributed by atoms with E-state index in [0.29, 0.717) is 12.5 Å². The lowest BCUT2D eigenvalue weighted by Crippen LogP contribution is -2.59. The molecule has 2 amide bonds. The van der Waals surface area contributed by atoms with Crippen molar-refractivity contribution in [2.45, 2.75) is 58.5 Å². The lowest BCUT2D eigenvalue weighted by atomic mass is 9.76. The first-order chi connectivity index (χ1) is 8.83. The molecule has 0 radical (unpaired) electrons. The van der Waals surface area contributed by atoms with Crippen LogP contribution in [0.1, 0.15) is 46.5 Å². The van der Waals surface area contributed by atoms with Crippen molar-refractivity contribution in [1.82, 2.24) is 10.2 Å². The Hall–Kier alpha value is -1.26. The van der Waals surface area contributed by atoms with Crippen molar-refractivity contribution in [3.63, 3.8) is 0 Å². The summed E-state index contributed by atoms with van der Waals surface area (Å²) < 4.78 is 0. The van der Waals surface area contributed by atoms with Crippen LogP contribution in [-0.4, -0.2) is 40.6 Å². The Labute approximate surface area is 114 Å². The second-order valence-corrected chi connectivity index (χ2v) is 6.60. The van der Waals surface area contributed by atoms with Crippen LogP contribution in [0.15, 0.2) is 0 Å². The first-order valence-corrected chi connectivity index (χ1v) is 7.13. The number of carbonyl (C=O) groups excluding carboxylic acids is 1. The zero-order chi connectivity index (χ0) is 14.2. The quantitative estimate of drug-likeness (QED) is 0.823. The Morgan fingerprint density at radius 3 is 2.53 bits per heavy atom. The molecule has 2 fully saturated rings. The minimum Gasteiger partial charge on any atom is -0.480 e. The van der Waals surface area contributed by atoms with Crippen molar-refractivity contribution in [3.05, 3.63) is 0 Å². The molecule has 19 heavy (non-hydrogen) atoms. The number of nitrogens with zero attached hydrogens (tertiary/aromatic N) is 1. The fraction of sp³-hybridized carbons (Fsp3) is 0.857. The first-order valence-electron chi connectivity index (χ1n) is 7.13. The highest BCUT2D eigenvalue weighted by molar-refractivity contribution is 5.83. The van der Waals surface area contributed by atoms with Gasteiger partial charge in [-0.25, -0.2) is 9.59 Å². The van der Waals surface area contributed by atoms with Gasteiger partial charge in [0.1, 0.15) is 6.04 Å². The van der Waals surface area contributed by atoms with Crippen LogP contribution in [0, 0.1) is 11.3 Å². The number of likely N-dealkylation sites (tertiary alicyclic amines) is 1. The van der Waals surface area contributed by atoms with Gasteiger partial charge in [0.15, 0.2) is 0 Å². The van der Waals surface area contributed by atoms with E-state index in [4.69, 9.17) is 0 Å². The Morgan fingerprint density at radius 1 is 1.37 bits per heavy atom. The summed E-state index contributed by atoms with van der Waals surface area (Å²) in [5.41, 5.74) is -0.371. The van der Waals surface area contributed by atoms with Crippen LogP contribution in [0.4, 0.5) is 4.79 Å². The number of carboxylic acid groups (broad SMARTS) is 1. The number of rotatable bonds is 3. The van der Waals surface area contributed by atoms with Crippen molar-refractivity contribution in [2.24, 2.45) is 11.3 Å². The molecule has 0 aromatic carbocycles. The second kappa shape index (κ2) is 5.02. The number of aliphatic carboxylic acids is 1. The summed E-state index contributed by atoms with van der Waals surface area (Å²) in [6, 6.07) is -0.806. The van der Waals surface area contributed by atoms with Crippen LogP contribution in [0.2, 0.25) is 0 Å². The van der Waals surface area contributed by atoms with E-state index < -0.39 is 12.0 Å². The molecule has 1 saturated carbocycles. The molecular weight excluding hydrogens is 244 g/mol. The molecular formula is C14H24N2O3. The number of carboxylic acids is 1. The van der Waals surface area contributed by atoms with Crippen molar-refractivity contribution < 1.29 is 14.7 Å². The molecule has 1 aliphatic carbocycles. The van der Waals surface area contributed by atoms with Gasteiger partial charge >= 0.3 is 12.0 Å². The van der Waals surface area contributed by atoms with Gasteiger partial charge in [0.25, 0.3) is 0 Å². The Morgan fingerprint density at radius 2 is 2.00 bits per heavy atom. The maximum Gasteiger partial charge on any atom is 0.327 e. The summed E-state index contributed by atoms with van der Waals surface area (Å²) >= 11 is 0. The topological polar surface area (TPSA) is 69.6 Å². The van der Waals surface area contributed by atoms with E-state index in [2.05, 4.69) is 5.32 Å². The van der Waals surface area contributed by atoms with Gasteiger partial charge in [-0.1, -0.05) is 13.8 Å². The van der Waals surface area contributed by atoms with Gasteiger partial charge in [0.2, 0.25) is 0 Å². The fourth-order valence-corrected chi connectivity index (χ4v) is 3.07. The number of carbonyl (C=O) groups is 2. The average Bonchev–Trinajstić information content (AvgIpc) is 3.10. The van der Waals surface area contributed by atoms with E-state index in [-0.39, 0.29) is 17.5 Å². The van der Waals surface area contributed by atoms with Crippen molar-refractivity contribution in [3.8, 4) is 0 Å². The summed E-state index contributed by atoms with van der Waals surface area (Å²) in [5, 5.41) is 12.4.